The summed E-state index contributed by atoms with van der Waals surface area (Å²) in [7, 11) is 1.77. The van der Waals surface area contributed by atoms with E-state index in [2.05, 4.69) is 16.0 Å². The molecule has 0 saturated carbocycles. The third kappa shape index (κ3) is 2.46. The van der Waals surface area contributed by atoms with Crippen LogP contribution >= 0.6 is 0 Å². The first-order valence-corrected chi connectivity index (χ1v) is 6.31. The molecule has 1 aliphatic heterocycles. The molecule has 0 radical (unpaired) electrons. The lowest BCUT2D eigenvalue weighted by Gasteiger charge is -2.33. The van der Waals surface area contributed by atoms with Gasteiger partial charge in [-0.15, -0.1) is 0 Å². The maximum atomic E-state index is 9.28. The number of methoxy groups -OCH3 is 1. The molecule has 0 aromatic carbocycles. The number of hydrogen-bond acceptors (Lipinski definition) is 4. The minimum Gasteiger partial charge on any atom is -0.381 e. The van der Waals surface area contributed by atoms with E-state index in [1.54, 1.807) is 7.11 Å². The first-order valence-electron chi connectivity index (χ1n) is 6.31. The average Bonchev–Trinajstić information content (AvgIpc) is 2.38. The number of piperidine rings is 1. The topological polar surface area (TPSA) is 49.1 Å². The number of anilines is 1. The van der Waals surface area contributed by atoms with Crippen LogP contribution in [0.5, 0.6) is 0 Å². The summed E-state index contributed by atoms with van der Waals surface area (Å²) in [6, 6.07) is 4.29. The lowest BCUT2D eigenvalue weighted by atomic mass is 10.0. The molecule has 4 nitrogen and oxygen atoms in total. The molecule has 0 amide bonds. The average molecular weight is 245 g/mol. The minimum absolute atomic E-state index is 0.357. The molecular weight excluding hydrogens is 226 g/mol. The highest BCUT2D eigenvalue weighted by atomic mass is 16.5. The van der Waals surface area contributed by atoms with Crippen LogP contribution in [0.1, 0.15) is 29.8 Å². The number of rotatable bonds is 2. The van der Waals surface area contributed by atoms with Gasteiger partial charge >= 0.3 is 0 Å². The van der Waals surface area contributed by atoms with Crippen LogP contribution in [0, 0.1) is 25.2 Å². The predicted octanol–water partition coefficient (Wildman–Crippen LogP) is 2.19. The first-order chi connectivity index (χ1) is 8.65. The summed E-state index contributed by atoms with van der Waals surface area (Å²) in [6.07, 6.45) is 2.39. The Bertz CT molecular complexity index is 471. The number of pyridine rings is 1. The maximum absolute atomic E-state index is 9.28. The molecule has 2 heterocycles. The van der Waals surface area contributed by atoms with Crippen molar-refractivity contribution in [2.24, 2.45) is 0 Å². The van der Waals surface area contributed by atoms with Crippen molar-refractivity contribution in [2.45, 2.75) is 32.8 Å². The molecule has 1 saturated heterocycles. The molecule has 0 spiro atoms. The monoisotopic (exact) mass is 245 g/mol. The Balaban J connectivity index is 2.26. The van der Waals surface area contributed by atoms with Gasteiger partial charge in [-0.3, -0.25) is 4.98 Å². The largest absolute Gasteiger partial charge is 0.381 e. The highest BCUT2D eigenvalue weighted by Gasteiger charge is 2.22. The van der Waals surface area contributed by atoms with Gasteiger partial charge in [0.2, 0.25) is 0 Å². The highest BCUT2D eigenvalue weighted by molar-refractivity contribution is 5.61. The SMILES string of the molecule is COC1CCN(c2cc(C)nc(C)c2C#N)CC1. The van der Waals surface area contributed by atoms with E-state index in [1.807, 2.05) is 19.9 Å². The van der Waals surface area contributed by atoms with Gasteiger partial charge in [-0.1, -0.05) is 0 Å². The van der Waals surface area contributed by atoms with Crippen LogP contribution in [0.4, 0.5) is 5.69 Å². The van der Waals surface area contributed by atoms with Crippen molar-refractivity contribution in [3.8, 4) is 6.07 Å². The zero-order chi connectivity index (χ0) is 13.1. The number of aryl methyl sites for hydroxylation is 2. The van der Waals surface area contributed by atoms with E-state index in [-0.39, 0.29) is 0 Å². The number of ether oxygens (including phenoxy) is 1. The standard InChI is InChI=1S/C14H19N3O/c1-10-8-14(13(9-15)11(2)16-10)17-6-4-12(18-3)5-7-17/h8,12H,4-7H2,1-3H3. The smallest absolute Gasteiger partial charge is 0.103 e. The van der Waals surface area contributed by atoms with Crippen molar-refractivity contribution in [1.82, 2.24) is 4.98 Å². The van der Waals surface area contributed by atoms with Crippen LogP contribution in [0.3, 0.4) is 0 Å². The van der Waals surface area contributed by atoms with Gasteiger partial charge < -0.3 is 9.64 Å². The molecule has 1 fully saturated rings. The first kappa shape index (κ1) is 12.8. The van der Waals surface area contributed by atoms with E-state index in [0.717, 1.165) is 43.0 Å². The molecule has 96 valence electrons. The van der Waals surface area contributed by atoms with Crippen molar-refractivity contribution in [1.29, 1.82) is 5.26 Å². The summed E-state index contributed by atoms with van der Waals surface area (Å²) in [5.74, 6) is 0. The molecule has 0 atom stereocenters. The molecule has 1 aromatic rings. The van der Waals surface area contributed by atoms with Crippen molar-refractivity contribution >= 4 is 5.69 Å². The van der Waals surface area contributed by atoms with Crippen molar-refractivity contribution in [3.05, 3.63) is 23.0 Å². The molecule has 4 heteroatoms. The van der Waals surface area contributed by atoms with Gasteiger partial charge in [-0.25, -0.2) is 0 Å². The van der Waals surface area contributed by atoms with E-state index in [1.165, 1.54) is 0 Å². The van der Waals surface area contributed by atoms with Crippen LogP contribution in [0.15, 0.2) is 6.07 Å². The fraction of sp³-hybridized carbons (Fsp3) is 0.571. The summed E-state index contributed by atoms with van der Waals surface area (Å²) in [5, 5.41) is 9.28. The lowest BCUT2D eigenvalue weighted by Crippen LogP contribution is -2.37. The van der Waals surface area contributed by atoms with Crippen molar-refractivity contribution in [2.75, 3.05) is 25.1 Å². The Morgan fingerprint density at radius 2 is 2.06 bits per heavy atom. The number of hydrogen-bond donors (Lipinski definition) is 0. The summed E-state index contributed by atoms with van der Waals surface area (Å²) in [6.45, 7) is 5.75. The third-order valence-corrected chi connectivity index (χ3v) is 3.54. The Kier molecular flexibility index (Phi) is 3.83. The van der Waals surface area contributed by atoms with Crippen LogP contribution in [0.25, 0.3) is 0 Å². The highest BCUT2D eigenvalue weighted by Crippen LogP contribution is 2.26. The summed E-state index contributed by atoms with van der Waals surface area (Å²) in [4.78, 5) is 6.63. The molecule has 0 bridgehead atoms. The molecular formula is C14H19N3O. The van der Waals surface area contributed by atoms with Gasteiger partial charge in [-0.05, 0) is 32.8 Å². The Morgan fingerprint density at radius 3 is 2.61 bits per heavy atom. The second kappa shape index (κ2) is 5.36. The van der Waals surface area contributed by atoms with E-state index in [0.29, 0.717) is 11.7 Å². The molecule has 1 aliphatic rings. The van der Waals surface area contributed by atoms with E-state index >= 15 is 0 Å². The van der Waals surface area contributed by atoms with Crippen molar-refractivity contribution in [3.63, 3.8) is 0 Å². The Hall–Kier alpha value is -1.60. The van der Waals surface area contributed by atoms with Gasteiger partial charge in [-0.2, -0.15) is 5.26 Å². The van der Waals surface area contributed by atoms with Crippen LogP contribution in [-0.4, -0.2) is 31.3 Å². The predicted molar refractivity (Wildman–Crippen MR) is 70.7 cm³/mol. The zero-order valence-corrected chi connectivity index (χ0v) is 11.2. The number of aromatic nitrogens is 1. The zero-order valence-electron chi connectivity index (χ0n) is 11.2. The fourth-order valence-electron chi connectivity index (χ4n) is 2.53. The van der Waals surface area contributed by atoms with Crippen molar-refractivity contribution < 1.29 is 4.74 Å². The fourth-order valence-corrected chi connectivity index (χ4v) is 2.53. The quantitative estimate of drug-likeness (QED) is 0.801. The molecule has 2 rings (SSSR count). The Labute approximate surface area is 108 Å². The molecule has 0 unspecified atom stereocenters. The van der Waals surface area contributed by atoms with Crippen LogP contribution in [-0.2, 0) is 4.74 Å². The normalized spacial score (nSPS) is 16.7. The maximum Gasteiger partial charge on any atom is 0.103 e. The van der Waals surface area contributed by atoms with Gasteiger partial charge in [0, 0.05) is 25.9 Å². The Morgan fingerprint density at radius 1 is 1.39 bits per heavy atom. The lowest BCUT2D eigenvalue weighted by molar-refractivity contribution is 0.0819. The molecule has 1 aromatic heterocycles. The van der Waals surface area contributed by atoms with Gasteiger partial charge in [0.05, 0.1) is 23.0 Å². The van der Waals surface area contributed by atoms with Crippen LogP contribution < -0.4 is 4.90 Å². The van der Waals surface area contributed by atoms with E-state index in [4.69, 9.17) is 4.74 Å². The van der Waals surface area contributed by atoms with E-state index in [9.17, 15) is 5.26 Å². The van der Waals surface area contributed by atoms with Crippen LogP contribution in [0.2, 0.25) is 0 Å². The second-order valence-corrected chi connectivity index (χ2v) is 4.78. The minimum atomic E-state index is 0.357. The number of nitriles is 1. The van der Waals surface area contributed by atoms with Gasteiger partial charge in [0.1, 0.15) is 6.07 Å². The van der Waals surface area contributed by atoms with Gasteiger partial charge in [0.15, 0.2) is 0 Å². The summed E-state index contributed by atoms with van der Waals surface area (Å²) < 4.78 is 5.38. The number of nitrogens with zero attached hydrogens (tertiary/aromatic N) is 3. The molecule has 0 N–H and O–H groups in total. The van der Waals surface area contributed by atoms with Gasteiger partial charge in [0.25, 0.3) is 0 Å². The summed E-state index contributed by atoms with van der Waals surface area (Å²) >= 11 is 0. The molecule has 0 aliphatic carbocycles. The molecule has 18 heavy (non-hydrogen) atoms. The second-order valence-electron chi connectivity index (χ2n) is 4.78. The summed E-state index contributed by atoms with van der Waals surface area (Å²) in [5.41, 5.74) is 3.52. The third-order valence-electron chi connectivity index (χ3n) is 3.54. The van der Waals surface area contributed by atoms with E-state index < -0.39 is 0 Å².